The van der Waals surface area contributed by atoms with E-state index in [1.165, 1.54) is 4.90 Å². The molecule has 4 rings (SSSR count). The van der Waals surface area contributed by atoms with Crippen LogP contribution in [-0.4, -0.2) is 66.5 Å². The molecular formula is C19H24ClN4O3+. The summed E-state index contributed by atoms with van der Waals surface area (Å²) in [6, 6.07) is 7.22. The van der Waals surface area contributed by atoms with Crippen LogP contribution in [0.2, 0.25) is 5.02 Å². The molecule has 2 saturated heterocycles. The number of benzene rings is 1. The number of urea groups is 1. The van der Waals surface area contributed by atoms with Gasteiger partial charge in [0.15, 0.2) is 6.67 Å². The predicted molar refractivity (Wildman–Crippen MR) is 101 cm³/mol. The minimum atomic E-state index is -0.670. The third-order valence-corrected chi connectivity index (χ3v) is 6.03. The van der Waals surface area contributed by atoms with Gasteiger partial charge in [-0.15, -0.1) is 0 Å². The Bertz CT molecular complexity index is 757. The van der Waals surface area contributed by atoms with E-state index in [1.807, 2.05) is 24.3 Å². The molecule has 1 saturated carbocycles. The first-order valence-electron chi connectivity index (χ1n) is 9.57. The molecule has 3 fully saturated rings. The number of quaternary nitrogens is 1. The minimum absolute atomic E-state index is 0.103. The zero-order chi connectivity index (χ0) is 19.0. The maximum atomic E-state index is 12.7. The molecule has 0 unspecified atom stereocenters. The molecule has 4 amide bonds. The van der Waals surface area contributed by atoms with Crippen molar-refractivity contribution in [2.75, 3.05) is 37.7 Å². The van der Waals surface area contributed by atoms with E-state index in [-0.39, 0.29) is 12.7 Å². The van der Waals surface area contributed by atoms with Crippen molar-refractivity contribution in [2.24, 2.45) is 0 Å². The molecule has 0 spiro atoms. The molecule has 2 aliphatic heterocycles. The van der Waals surface area contributed by atoms with Crippen molar-refractivity contribution in [2.45, 2.75) is 31.7 Å². The summed E-state index contributed by atoms with van der Waals surface area (Å²) in [4.78, 5) is 43.1. The van der Waals surface area contributed by atoms with Gasteiger partial charge in [0, 0.05) is 16.8 Å². The number of nitrogens with zero attached hydrogens (tertiary/aromatic N) is 3. The number of nitrogens with one attached hydrogen (secondary N) is 1. The molecule has 1 aromatic rings. The predicted octanol–water partition coefficient (Wildman–Crippen LogP) is 0.736. The third kappa shape index (κ3) is 3.53. The molecule has 1 aromatic carbocycles. The Labute approximate surface area is 163 Å². The van der Waals surface area contributed by atoms with Gasteiger partial charge in [-0.1, -0.05) is 30.5 Å². The van der Waals surface area contributed by atoms with Crippen LogP contribution < -0.4 is 9.80 Å². The van der Waals surface area contributed by atoms with E-state index in [1.54, 1.807) is 0 Å². The molecule has 1 N–H and O–H groups in total. The van der Waals surface area contributed by atoms with Crippen molar-refractivity contribution >= 4 is 35.1 Å². The molecule has 27 heavy (non-hydrogen) atoms. The molecule has 7 nitrogen and oxygen atoms in total. The second-order valence-corrected chi connectivity index (χ2v) is 7.94. The average Bonchev–Trinajstić information content (AvgIpc) is 3.26. The molecular weight excluding hydrogens is 368 g/mol. The second-order valence-electron chi connectivity index (χ2n) is 7.50. The normalized spacial score (nSPS) is 22.4. The standard InChI is InChI=1S/C19H23ClN4O3/c20-14-4-3-7-16(12-14)22-10-8-21(9-11-22)13-23-17(25)18(26)24(19(23)27)15-5-1-2-6-15/h3-4,7,12,15H,1-2,5-6,8-11,13H2/p+1. The number of halogens is 1. The van der Waals surface area contributed by atoms with Crippen molar-refractivity contribution in [1.82, 2.24) is 9.80 Å². The highest BCUT2D eigenvalue weighted by Gasteiger charge is 2.49. The van der Waals surface area contributed by atoms with E-state index in [2.05, 4.69) is 4.90 Å². The highest BCUT2D eigenvalue weighted by Crippen LogP contribution is 2.27. The fraction of sp³-hybridized carbons (Fsp3) is 0.526. The van der Waals surface area contributed by atoms with Crippen molar-refractivity contribution in [3.8, 4) is 0 Å². The van der Waals surface area contributed by atoms with E-state index >= 15 is 0 Å². The van der Waals surface area contributed by atoms with Crippen molar-refractivity contribution in [3.63, 3.8) is 0 Å². The van der Waals surface area contributed by atoms with E-state index in [0.29, 0.717) is 5.02 Å². The van der Waals surface area contributed by atoms with Gasteiger partial charge in [0.25, 0.3) is 0 Å². The van der Waals surface area contributed by atoms with Gasteiger partial charge < -0.3 is 9.80 Å². The number of hydrogen-bond acceptors (Lipinski definition) is 4. The number of carbonyl (C=O) groups is 3. The van der Waals surface area contributed by atoms with Gasteiger partial charge in [-0.3, -0.25) is 14.5 Å². The maximum absolute atomic E-state index is 12.7. The van der Waals surface area contributed by atoms with Crippen LogP contribution in [0.5, 0.6) is 0 Å². The van der Waals surface area contributed by atoms with Crippen LogP contribution in [0, 0.1) is 0 Å². The Kier molecular flexibility index (Phi) is 5.06. The van der Waals surface area contributed by atoms with E-state index in [0.717, 1.165) is 67.3 Å². The number of rotatable bonds is 4. The van der Waals surface area contributed by atoms with Gasteiger partial charge in [0.05, 0.1) is 26.2 Å². The quantitative estimate of drug-likeness (QED) is 0.607. The van der Waals surface area contributed by atoms with Gasteiger partial charge >= 0.3 is 17.8 Å². The molecule has 0 radical (unpaired) electrons. The monoisotopic (exact) mass is 391 g/mol. The van der Waals surface area contributed by atoms with Crippen LogP contribution in [-0.2, 0) is 9.59 Å². The molecule has 144 valence electrons. The van der Waals surface area contributed by atoms with Gasteiger partial charge in [0.1, 0.15) is 0 Å². The Morgan fingerprint density at radius 3 is 2.41 bits per heavy atom. The highest BCUT2D eigenvalue weighted by molar-refractivity contribution is 6.44. The molecule has 2 heterocycles. The Morgan fingerprint density at radius 1 is 1.04 bits per heavy atom. The number of carbonyl (C=O) groups excluding carboxylic acids is 3. The highest BCUT2D eigenvalue weighted by atomic mass is 35.5. The summed E-state index contributed by atoms with van der Waals surface area (Å²) in [5, 5.41) is 0.709. The summed E-state index contributed by atoms with van der Waals surface area (Å²) in [6.45, 7) is 3.47. The first kappa shape index (κ1) is 18.3. The lowest BCUT2D eigenvalue weighted by Crippen LogP contribution is -3.16. The topological polar surface area (TPSA) is 65.4 Å². The van der Waals surface area contributed by atoms with Gasteiger partial charge in [0.2, 0.25) is 0 Å². The first-order chi connectivity index (χ1) is 13.0. The molecule has 1 aliphatic carbocycles. The van der Waals surface area contributed by atoms with Crippen molar-refractivity contribution in [1.29, 1.82) is 0 Å². The maximum Gasteiger partial charge on any atom is 0.338 e. The molecule has 0 aromatic heterocycles. The van der Waals surface area contributed by atoms with Crippen LogP contribution >= 0.6 is 11.6 Å². The van der Waals surface area contributed by atoms with Gasteiger partial charge in [-0.25, -0.2) is 9.69 Å². The summed E-state index contributed by atoms with van der Waals surface area (Å²) in [6.07, 6.45) is 3.63. The fourth-order valence-electron chi connectivity index (χ4n) is 4.28. The van der Waals surface area contributed by atoms with Crippen molar-refractivity contribution < 1.29 is 19.3 Å². The smallest absolute Gasteiger partial charge is 0.338 e. The third-order valence-electron chi connectivity index (χ3n) is 5.80. The minimum Gasteiger partial charge on any atom is -0.360 e. The molecule has 0 bridgehead atoms. The van der Waals surface area contributed by atoms with Crippen LogP contribution in [0.3, 0.4) is 0 Å². The van der Waals surface area contributed by atoms with Crippen LogP contribution in [0.1, 0.15) is 25.7 Å². The number of amides is 4. The summed E-state index contributed by atoms with van der Waals surface area (Å²) in [7, 11) is 0. The first-order valence-corrected chi connectivity index (χ1v) is 9.95. The second kappa shape index (κ2) is 7.48. The van der Waals surface area contributed by atoms with Gasteiger partial charge in [-0.2, -0.15) is 0 Å². The average molecular weight is 392 g/mol. The Balaban J connectivity index is 1.36. The summed E-state index contributed by atoms with van der Waals surface area (Å²) >= 11 is 6.07. The molecule has 8 heteroatoms. The summed E-state index contributed by atoms with van der Waals surface area (Å²) in [5.74, 6) is -1.32. The molecule has 3 aliphatic rings. The fourth-order valence-corrected chi connectivity index (χ4v) is 4.47. The largest absolute Gasteiger partial charge is 0.360 e. The lowest BCUT2D eigenvalue weighted by Gasteiger charge is -2.34. The molecule has 0 atom stereocenters. The lowest BCUT2D eigenvalue weighted by molar-refractivity contribution is -0.907. The van der Waals surface area contributed by atoms with Crippen LogP contribution in [0.4, 0.5) is 10.5 Å². The van der Waals surface area contributed by atoms with Crippen molar-refractivity contribution in [3.05, 3.63) is 29.3 Å². The zero-order valence-electron chi connectivity index (χ0n) is 15.2. The SMILES string of the molecule is O=C1C(=O)N(C2CCCC2)C(=O)N1C[NH+]1CCN(c2cccc(Cl)c2)CC1. The van der Waals surface area contributed by atoms with Crippen LogP contribution in [0.15, 0.2) is 24.3 Å². The number of hydrogen-bond donors (Lipinski definition) is 1. The van der Waals surface area contributed by atoms with E-state index in [4.69, 9.17) is 11.6 Å². The zero-order valence-corrected chi connectivity index (χ0v) is 16.0. The summed E-state index contributed by atoms with van der Waals surface area (Å²) < 4.78 is 0. The number of piperazine rings is 1. The van der Waals surface area contributed by atoms with Gasteiger partial charge in [-0.05, 0) is 31.0 Å². The number of anilines is 1. The Morgan fingerprint density at radius 2 is 1.74 bits per heavy atom. The summed E-state index contributed by atoms with van der Waals surface area (Å²) in [5.41, 5.74) is 1.08. The Hall–Kier alpha value is -2.12. The van der Waals surface area contributed by atoms with Crippen LogP contribution in [0.25, 0.3) is 0 Å². The lowest BCUT2D eigenvalue weighted by atomic mass is 10.2. The number of imide groups is 2. The van der Waals surface area contributed by atoms with E-state index in [9.17, 15) is 14.4 Å². The van der Waals surface area contributed by atoms with E-state index < -0.39 is 17.8 Å².